The highest BCUT2D eigenvalue weighted by molar-refractivity contribution is 6.09. The Kier molecular flexibility index (Phi) is 7.73. The number of fused-ring (bicyclic) bond motifs is 4. The quantitative estimate of drug-likeness (QED) is 0.163. The van der Waals surface area contributed by atoms with E-state index in [0.717, 1.165) is 88.7 Å². The van der Waals surface area contributed by atoms with E-state index in [1.807, 2.05) is 60.8 Å². The Balaban J connectivity index is 1.17. The Morgan fingerprint density at radius 3 is 1.63 bits per heavy atom. The van der Waals surface area contributed by atoms with Crippen LogP contribution >= 0.6 is 0 Å². The van der Waals surface area contributed by atoms with Crippen LogP contribution in [0.2, 0.25) is 0 Å². The number of hydrogen-bond donors (Lipinski definition) is 0. The van der Waals surface area contributed by atoms with Crippen molar-refractivity contribution >= 4 is 32.7 Å². The first-order valence-corrected chi connectivity index (χ1v) is 18.0. The third-order valence-electron chi connectivity index (χ3n) is 9.92. The van der Waals surface area contributed by atoms with E-state index in [0.29, 0.717) is 11.5 Å². The number of rotatable bonds is 6. The Hall–Kier alpha value is -7.37. The highest BCUT2D eigenvalue weighted by Crippen LogP contribution is 2.37. The topological polar surface area (TPSA) is 64.5 Å². The summed E-state index contributed by atoms with van der Waals surface area (Å²) >= 11 is 0. The molecule has 5 heteroatoms. The van der Waals surface area contributed by atoms with Gasteiger partial charge in [-0.05, 0) is 47.0 Å². The van der Waals surface area contributed by atoms with E-state index >= 15 is 0 Å². The van der Waals surface area contributed by atoms with Gasteiger partial charge < -0.3 is 0 Å². The molecule has 0 saturated heterocycles. The van der Waals surface area contributed by atoms with Gasteiger partial charge in [0.05, 0.1) is 33.6 Å². The van der Waals surface area contributed by atoms with E-state index in [2.05, 4.69) is 127 Å². The van der Waals surface area contributed by atoms with Crippen LogP contribution in [0.4, 0.5) is 0 Å². The van der Waals surface area contributed by atoms with Gasteiger partial charge in [0.25, 0.3) is 0 Å². The maximum absolute atomic E-state index is 5.32. The smallest absolute Gasteiger partial charge is 0.179 e. The highest BCUT2D eigenvalue weighted by Gasteiger charge is 2.17. The standard InChI is InChI=1S/C49H31N5/c1-4-13-32(14-5-1)41-30-43(33-15-6-2-7-16-33)52-48-40(41)26-24-36-25-27-42(51-47(36)48)49-53-44(34-17-8-3-9-18-34)31-45(54-49)38-21-10-20-37(29-38)39-23-11-19-35-22-12-28-50-46(35)39/h1-31H. The van der Waals surface area contributed by atoms with Gasteiger partial charge in [0, 0.05) is 44.6 Å². The van der Waals surface area contributed by atoms with Crippen LogP contribution in [0.25, 0.3) is 100 Å². The minimum atomic E-state index is 0.546. The van der Waals surface area contributed by atoms with Crippen molar-refractivity contribution in [2.75, 3.05) is 0 Å². The second-order valence-electron chi connectivity index (χ2n) is 13.3. The number of para-hydroxylation sites is 1. The van der Waals surface area contributed by atoms with Gasteiger partial charge in [-0.25, -0.2) is 19.9 Å². The lowest BCUT2D eigenvalue weighted by molar-refractivity contribution is 1.16. The molecule has 0 aliphatic rings. The van der Waals surface area contributed by atoms with Crippen LogP contribution in [-0.2, 0) is 0 Å². The van der Waals surface area contributed by atoms with Crippen molar-refractivity contribution in [3.8, 4) is 67.5 Å². The van der Waals surface area contributed by atoms with Gasteiger partial charge in [0.1, 0.15) is 5.69 Å². The van der Waals surface area contributed by atoms with Gasteiger partial charge in [-0.15, -0.1) is 0 Å². The number of hydrogen-bond acceptors (Lipinski definition) is 5. The fourth-order valence-electron chi connectivity index (χ4n) is 7.26. The zero-order chi connectivity index (χ0) is 35.8. The number of nitrogens with zero attached hydrogens (tertiary/aromatic N) is 5. The summed E-state index contributed by atoms with van der Waals surface area (Å²) in [5.74, 6) is 0.546. The predicted octanol–water partition coefficient (Wildman–Crippen LogP) is 12.1. The number of aromatic nitrogens is 5. The average molecular weight is 690 g/mol. The SMILES string of the molecule is c1ccc(-c2cc(-c3cccc(-c4cccc5cccnc45)c3)nc(-c3ccc4ccc5c(-c6ccccc6)cc(-c6ccccc6)nc5c4n3)n2)cc1. The summed E-state index contributed by atoms with van der Waals surface area (Å²) in [4.78, 5) is 25.7. The first kappa shape index (κ1) is 31.4. The van der Waals surface area contributed by atoms with E-state index in [9.17, 15) is 0 Å². The first-order valence-electron chi connectivity index (χ1n) is 18.0. The molecule has 0 unspecified atom stereocenters. The van der Waals surface area contributed by atoms with Crippen LogP contribution in [0.3, 0.4) is 0 Å². The molecule has 0 aliphatic carbocycles. The molecule has 54 heavy (non-hydrogen) atoms. The van der Waals surface area contributed by atoms with Crippen LogP contribution < -0.4 is 0 Å². The molecule has 10 rings (SSSR count). The summed E-state index contributed by atoms with van der Waals surface area (Å²) in [5, 5.41) is 3.14. The molecule has 0 spiro atoms. The maximum atomic E-state index is 5.32. The minimum Gasteiger partial charge on any atom is -0.256 e. The van der Waals surface area contributed by atoms with Crippen molar-refractivity contribution < 1.29 is 0 Å². The molecule has 0 bridgehead atoms. The van der Waals surface area contributed by atoms with Crippen molar-refractivity contribution in [1.82, 2.24) is 24.9 Å². The van der Waals surface area contributed by atoms with Gasteiger partial charge in [-0.1, -0.05) is 152 Å². The maximum Gasteiger partial charge on any atom is 0.179 e. The fourth-order valence-corrected chi connectivity index (χ4v) is 7.26. The summed E-state index contributed by atoms with van der Waals surface area (Å²) < 4.78 is 0. The Labute approximate surface area is 312 Å². The summed E-state index contributed by atoms with van der Waals surface area (Å²) in [6.07, 6.45) is 1.85. The largest absolute Gasteiger partial charge is 0.256 e. The molecule has 6 aromatic carbocycles. The second-order valence-corrected chi connectivity index (χ2v) is 13.3. The third kappa shape index (κ3) is 5.74. The van der Waals surface area contributed by atoms with Gasteiger partial charge in [-0.3, -0.25) is 4.98 Å². The molecule has 0 saturated carbocycles. The van der Waals surface area contributed by atoms with Crippen LogP contribution in [0.5, 0.6) is 0 Å². The summed E-state index contributed by atoms with van der Waals surface area (Å²) in [6.45, 7) is 0. The molecule has 10 aromatic rings. The number of pyridine rings is 3. The highest BCUT2D eigenvalue weighted by atomic mass is 14.9. The van der Waals surface area contributed by atoms with Gasteiger partial charge in [0.15, 0.2) is 5.82 Å². The second kappa shape index (κ2) is 13.3. The molecule has 0 atom stereocenters. The van der Waals surface area contributed by atoms with Crippen molar-refractivity contribution in [2.24, 2.45) is 0 Å². The summed E-state index contributed by atoms with van der Waals surface area (Å²) in [5.41, 5.74) is 13.2. The lowest BCUT2D eigenvalue weighted by Gasteiger charge is -2.13. The van der Waals surface area contributed by atoms with E-state index < -0.39 is 0 Å². The van der Waals surface area contributed by atoms with Gasteiger partial charge in [0.2, 0.25) is 0 Å². The Morgan fingerprint density at radius 1 is 0.296 bits per heavy atom. The third-order valence-corrected chi connectivity index (χ3v) is 9.92. The molecule has 5 nitrogen and oxygen atoms in total. The predicted molar refractivity (Wildman–Crippen MR) is 221 cm³/mol. The van der Waals surface area contributed by atoms with Crippen molar-refractivity contribution in [2.45, 2.75) is 0 Å². The van der Waals surface area contributed by atoms with Crippen molar-refractivity contribution in [3.05, 3.63) is 188 Å². The van der Waals surface area contributed by atoms with Crippen LogP contribution in [0.15, 0.2) is 188 Å². The Bertz CT molecular complexity index is 2980. The van der Waals surface area contributed by atoms with Crippen LogP contribution in [0.1, 0.15) is 0 Å². The zero-order valence-corrected chi connectivity index (χ0v) is 29.1. The van der Waals surface area contributed by atoms with E-state index in [1.54, 1.807) is 0 Å². The molecule has 252 valence electrons. The van der Waals surface area contributed by atoms with Crippen molar-refractivity contribution in [1.29, 1.82) is 0 Å². The normalized spacial score (nSPS) is 11.3. The van der Waals surface area contributed by atoms with Crippen molar-refractivity contribution in [3.63, 3.8) is 0 Å². The van der Waals surface area contributed by atoms with E-state index in [-0.39, 0.29) is 0 Å². The first-order chi connectivity index (χ1) is 26.7. The average Bonchev–Trinajstić information content (AvgIpc) is 3.26. The molecule has 4 heterocycles. The molecular weight excluding hydrogens is 659 g/mol. The number of benzene rings is 6. The molecule has 0 aliphatic heterocycles. The summed E-state index contributed by atoms with van der Waals surface area (Å²) in [6, 6.07) is 62.6. The lowest BCUT2D eigenvalue weighted by Crippen LogP contribution is -1.99. The Morgan fingerprint density at radius 2 is 0.870 bits per heavy atom. The molecule has 0 amide bonds. The van der Waals surface area contributed by atoms with Gasteiger partial charge in [-0.2, -0.15) is 0 Å². The minimum absolute atomic E-state index is 0.546. The van der Waals surface area contributed by atoms with Gasteiger partial charge >= 0.3 is 0 Å². The molecule has 0 radical (unpaired) electrons. The molecular formula is C49H31N5. The van der Waals surface area contributed by atoms with E-state index in [1.165, 1.54) is 0 Å². The lowest BCUT2D eigenvalue weighted by atomic mass is 9.97. The molecule has 0 fully saturated rings. The fraction of sp³-hybridized carbons (Fsp3) is 0. The molecule has 0 N–H and O–H groups in total. The van der Waals surface area contributed by atoms with E-state index in [4.69, 9.17) is 24.9 Å². The molecule has 4 aromatic heterocycles. The van der Waals surface area contributed by atoms with Crippen LogP contribution in [-0.4, -0.2) is 24.9 Å². The zero-order valence-electron chi connectivity index (χ0n) is 29.1. The van der Waals surface area contributed by atoms with Crippen LogP contribution in [0, 0.1) is 0 Å². The monoisotopic (exact) mass is 689 g/mol. The summed E-state index contributed by atoms with van der Waals surface area (Å²) in [7, 11) is 0.